The molecule has 0 amide bonds. The van der Waals surface area contributed by atoms with Crippen LogP contribution in [0.2, 0.25) is 10.0 Å². The monoisotopic (exact) mass is 352 g/mol. The molecule has 118 valence electrons. The van der Waals surface area contributed by atoms with Crippen molar-refractivity contribution in [3.8, 4) is 0 Å². The molecule has 1 heterocycles. The Hall–Kier alpha value is -0.370. The fourth-order valence-corrected chi connectivity index (χ4v) is 4.57. The van der Waals surface area contributed by atoms with Gasteiger partial charge in [-0.05, 0) is 50.7 Å². The van der Waals surface area contributed by atoms with Crippen LogP contribution in [0.5, 0.6) is 0 Å². The van der Waals surface area contributed by atoms with E-state index in [-0.39, 0.29) is 27.6 Å². The molecule has 21 heavy (non-hydrogen) atoms. The number of aliphatic hydroxyl groups is 1. The van der Waals surface area contributed by atoms with Crippen molar-refractivity contribution >= 4 is 33.2 Å². The third-order valence-corrected chi connectivity index (χ3v) is 5.90. The molecule has 0 bridgehead atoms. The van der Waals surface area contributed by atoms with Crippen LogP contribution in [0.1, 0.15) is 18.4 Å². The van der Waals surface area contributed by atoms with Crippen LogP contribution in [-0.4, -0.2) is 44.6 Å². The summed E-state index contributed by atoms with van der Waals surface area (Å²) in [5.41, 5.74) is 0.299. The van der Waals surface area contributed by atoms with Gasteiger partial charge in [0.25, 0.3) is 0 Å². The van der Waals surface area contributed by atoms with E-state index in [1.807, 2.05) is 7.05 Å². The summed E-state index contributed by atoms with van der Waals surface area (Å²) in [6, 6.07) is 2.65. The molecule has 0 unspecified atom stereocenters. The lowest BCUT2D eigenvalue weighted by Gasteiger charge is -2.29. The lowest BCUT2D eigenvalue weighted by Crippen LogP contribution is -2.43. The molecule has 2 rings (SSSR count). The molecule has 0 saturated carbocycles. The van der Waals surface area contributed by atoms with Crippen molar-refractivity contribution in [1.82, 2.24) is 9.62 Å². The molecule has 8 heteroatoms. The van der Waals surface area contributed by atoms with E-state index in [1.54, 1.807) is 0 Å². The first-order chi connectivity index (χ1) is 9.83. The second kappa shape index (κ2) is 6.81. The maximum Gasteiger partial charge on any atom is 0.242 e. The minimum Gasteiger partial charge on any atom is -0.392 e. The fourth-order valence-electron chi connectivity index (χ4n) is 2.34. The van der Waals surface area contributed by atoms with Crippen LogP contribution >= 0.6 is 23.2 Å². The van der Waals surface area contributed by atoms with E-state index in [4.69, 9.17) is 23.2 Å². The summed E-state index contributed by atoms with van der Waals surface area (Å²) in [7, 11) is -1.75. The summed E-state index contributed by atoms with van der Waals surface area (Å²) >= 11 is 12.0. The molecule has 0 aliphatic carbocycles. The largest absolute Gasteiger partial charge is 0.392 e. The Morgan fingerprint density at radius 3 is 2.52 bits per heavy atom. The quantitative estimate of drug-likeness (QED) is 0.867. The molecule has 1 aliphatic heterocycles. The summed E-state index contributed by atoms with van der Waals surface area (Å²) in [6.07, 6.45) is 1.50. The number of nitrogens with zero attached hydrogens (tertiary/aromatic N) is 1. The molecular formula is C13H18Cl2N2O3S. The zero-order chi connectivity index (χ0) is 15.6. The highest BCUT2D eigenvalue weighted by Gasteiger charge is 2.26. The van der Waals surface area contributed by atoms with Crippen LogP contribution in [-0.2, 0) is 16.6 Å². The van der Waals surface area contributed by atoms with E-state index in [0.717, 1.165) is 25.9 Å². The Morgan fingerprint density at radius 2 is 1.95 bits per heavy atom. The maximum absolute atomic E-state index is 12.5. The van der Waals surface area contributed by atoms with E-state index < -0.39 is 10.0 Å². The maximum atomic E-state index is 12.5. The van der Waals surface area contributed by atoms with Gasteiger partial charge in [-0.2, -0.15) is 0 Å². The van der Waals surface area contributed by atoms with Crippen molar-refractivity contribution in [2.24, 2.45) is 0 Å². The van der Waals surface area contributed by atoms with E-state index in [1.165, 1.54) is 12.1 Å². The highest BCUT2D eigenvalue weighted by molar-refractivity contribution is 7.89. The number of sulfonamides is 1. The van der Waals surface area contributed by atoms with Crippen LogP contribution in [0.3, 0.4) is 0 Å². The van der Waals surface area contributed by atoms with Gasteiger partial charge >= 0.3 is 0 Å². The highest BCUT2D eigenvalue weighted by atomic mass is 35.5. The van der Waals surface area contributed by atoms with Crippen molar-refractivity contribution in [2.75, 3.05) is 20.1 Å². The Bertz CT molecular complexity index is 614. The van der Waals surface area contributed by atoms with Gasteiger partial charge in [-0.1, -0.05) is 23.2 Å². The van der Waals surface area contributed by atoms with Crippen molar-refractivity contribution < 1.29 is 13.5 Å². The highest BCUT2D eigenvalue weighted by Crippen LogP contribution is 2.30. The number of likely N-dealkylation sites (tertiary alicyclic amines) is 1. The molecule has 1 fully saturated rings. The lowest BCUT2D eigenvalue weighted by molar-refractivity contribution is 0.248. The number of nitrogens with one attached hydrogen (secondary N) is 1. The van der Waals surface area contributed by atoms with Crippen LogP contribution in [0, 0.1) is 0 Å². The summed E-state index contributed by atoms with van der Waals surface area (Å²) in [5.74, 6) is 0. The second-order valence-electron chi connectivity index (χ2n) is 5.23. The molecule has 0 radical (unpaired) electrons. The zero-order valence-corrected chi connectivity index (χ0v) is 14.0. The van der Waals surface area contributed by atoms with Crippen LogP contribution in [0.15, 0.2) is 17.0 Å². The van der Waals surface area contributed by atoms with Gasteiger partial charge in [0.2, 0.25) is 10.0 Å². The third-order valence-electron chi connectivity index (χ3n) is 3.58. The van der Waals surface area contributed by atoms with Gasteiger partial charge in [0.1, 0.15) is 4.90 Å². The van der Waals surface area contributed by atoms with Crippen molar-refractivity contribution in [3.63, 3.8) is 0 Å². The predicted molar refractivity (Wildman–Crippen MR) is 83.2 cm³/mol. The van der Waals surface area contributed by atoms with Gasteiger partial charge in [-0.15, -0.1) is 0 Å². The van der Waals surface area contributed by atoms with E-state index >= 15 is 0 Å². The SMILES string of the molecule is CN1CCC(NS(=O)(=O)c2cc(Cl)cc(CO)c2Cl)CC1. The van der Waals surface area contributed by atoms with Gasteiger partial charge in [0.15, 0.2) is 0 Å². The van der Waals surface area contributed by atoms with Gasteiger partial charge in [0, 0.05) is 11.1 Å². The molecule has 1 saturated heterocycles. The van der Waals surface area contributed by atoms with E-state index in [2.05, 4.69) is 9.62 Å². The number of hydrogen-bond acceptors (Lipinski definition) is 4. The molecule has 1 aliphatic rings. The Balaban J connectivity index is 2.25. The number of hydrogen-bond donors (Lipinski definition) is 2. The Labute approximate surface area is 134 Å². The van der Waals surface area contributed by atoms with Crippen LogP contribution in [0.4, 0.5) is 0 Å². The first-order valence-electron chi connectivity index (χ1n) is 6.63. The van der Waals surface area contributed by atoms with Crippen molar-refractivity contribution in [2.45, 2.75) is 30.4 Å². The van der Waals surface area contributed by atoms with Crippen LogP contribution < -0.4 is 4.72 Å². The molecule has 5 nitrogen and oxygen atoms in total. The summed E-state index contributed by atoms with van der Waals surface area (Å²) in [6.45, 7) is 1.33. The normalized spacial score (nSPS) is 18.1. The van der Waals surface area contributed by atoms with Gasteiger partial charge in [-0.25, -0.2) is 13.1 Å². The molecule has 0 aromatic heterocycles. The van der Waals surface area contributed by atoms with Crippen molar-refractivity contribution in [3.05, 3.63) is 27.7 Å². The first-order valence-corrected chi connectivity index (χ1v) is 8.87. The van der Waals surface area contributed by atoms with E-state index in [9.17, 15) is 13.5 Å². The second-order valence-corrected chi connectivity index (χ2v) is 7.73. The first kappa shape index (κ1) is 17.0. The standard InChI is InChI=1S/C13H18Cl2N2O3S/c1-17-4-2-11(3-5-17)16-21(19,20)12-7-10(14)6-9(8-18)13(12)15/h6-7,11,16,18H,2-5,8H2,1H3. The summed E-state index contributed by atoms with van der Waals surface area (Å²) in [5, 5.41) is 9.46. The number of rotatable bonds is 4. The smallest absolute Gasteiger partial charge is 0.242 e. The van der Waals surface area contributed by atoms with Gasteiger partial charge in [-0.3, -0.25) is 0 Å². The van der Waals surface area contributed by atoms with Gasteiger partial charge < -0.3 is 10.0 Å². The molecule has 0 atom stereocenters. The Kier molecular flexibility index (Phi) is 5.51. The summed E-state index contributed by atoms with van der Waals surface area (Å²) < 4.78 is 27.6. The molecule has 2 N–H and O–H groups in total. The number of aliphatic hydroxyl groups excluding tert-OH is 1. The Morgan fingerprint density at radius 1 is 1.33 bits per heavy atom. The van der Waals surface area contributed by atoms with E-state index in [0.29, 0.717) is 5.56 Å². The van der Waals surface area contributed by atoms with Gasteiger partial charge in [0.05, 0.1) is 11.6 Å². The number of piperidine rings is 1. The lowest BCUT2D eigenvalue weighted by atomic mass is 10.1. The molecule has 1 aromatic rings. The van der Waals surface area contributed by atoms with Crippen molar-refractivity contribution in [1.29, 1.82) is 0 Å². The third kappa shape index (κ3) is 4.09. The minimum absolute atomic E-state index is 0.0160. The van der Waals surface area contributed by atoms with Crippen LogP contribution in [0.25, 0.3) is 0 Å². The molecular weight excluding hydrogens is 335 g/mol. The average Bonchev–Trinajstić information content (AvgIpc) is 2.43. The topological polar surface area (TPSA) is 69.6 Å². The summed E-state index contributed by atoms with van der Waals surface area (Å²) in [4.78, 5) is 2.07. The minimum atomic E-state index is -3.76. The number of halogens is 2. The number of benzene rings is 1. The fraction of sp³-hybridized carbons (Fsp3) is 0.538. The average molecular weight is 353 g/mol. The predicted octanol–water partition coefficient (Wildman–Crippen LogP) is 1.86. The molecule has 0 spiro atoms. The molecule has 1 aromatic carbocycles. The zero-order valence-electron chi connectivity index (χ0n) is 11.6.